The van der Waals surface area contributed by atoms with Crippen molar-refractivity contribution in [3.8, 4) is 0 Å². The normalized spacial score (nSPS) is 14.3. The van der Waals surface area contributed by atoms with E-state index in [1.165, 1.54) is 19.1 Å². The van der Waals surface area contributed by atoms with Gasteiger partial charge in [-0.2, -0.15) is 13.2 Å². The molecule has 0 unspecified atom stereocenters. The number of esters is 1. The molecule has 2 N–H and O–H groups in total. The summed E-state index contributed by atoms with van der Waals surface area (Å²) in [5, 5.41) is 4.75. The Labute approximate surface area is 199 Å². The van der Waals surface area contributed by atoms with Crippen molar-refractivity contribution in [1.82, 2.24) is 5.32 Å². The van der Waals surface area contributed by atoms with Crippen LogP contribution < -0.4 is 15.5 Å². The van der Waals surface area contributed by atoms with E-state index in [9.17, 15) is 27.6 Å². The van der Waals surface area contributed by atoms with E-state index in [1.807, 2.05) is 0 Å². The van der Waals surface area contributed by atoms with E-state index in [-0.39, 0.29) is 11.4 Å². The Hall–Kier alpha value is -3.86. The lowest BCUT2D eigenvalue weighted by molar-refractivity contribution is -0.144. The SMILES string of the molecule is CC(=O)NC(=Cc1ccccc1)C(=O)OCC(=O)Nc1cc(C(F)(F)F)ccc1N1CCOCC1. The predicted octanol–water partition coefficient (Wildman–Crippen LogP) is 3.20. The summed E-state index contributed by atoms with van der Waals surface area (Å²) in [7, 11) is 0. The van der Waals surface area contributed by atoms with Crippen LogP contribution in [-0.2, 0) is 30.0 Å². The first kappa shape index (κ1) is 25.8. The standard InChI is InChI=1S/C24H24F3N3O5/c1-16(31)28-20(13-17-5-3-2-4-6-17)23(33)35-15-22(32)29-19-14-18(24(25,26)27)7-8-21(19)30-9-11-34-12-10-30/h2-8,13-14H,9-12,15H2,1H3,(H,28,31)(H,29,32). The summed E-state index contributed by atoms with van der Waals surface area (Å²) in [4.78, 5) is 38.3. The summed E-state index contributed by atoms with van der Waals surface area (Å²) < 4.78 is 50.0. The molecule has 1 aliphatic heterocycles. The summed E-state index contributed by atoms with van der Waals surface area (Å²) in [6.07, 6.45) is -3.23. The van der Waals surface area contributed by atoms with Gasteiger partial charge in [0.1, 0.15) is 5.70 Å². The third-order valence-corrected chi connectivity index (χ3v) is 4.93. The van der Waals surface area contributed by atoms with Gasteiger partial charge in [-0.25, -0.2) is 4.79 Å². The zero-order chi connectivity index (χ0) is 25.4. The number of hydrogen-bond donors (Lipinski definition) is 2. The lowest BCUT2D eigenvalue weighted by Gasteiger charge is -2.31. The molecule has 0 aliphatic carbocycles. The van der Waals surface area contributed by atoms with Crippen molar-refractivity contribution in [2.24, 2.45) is 0 Å². The fraction of sp³-hybridized carbons (Fsp3) is 0.292. The molecule has 2 aromatic rings. The van der Waals surface area contributed by atoms with Gasteiger partial charge in [-0.15, -0.1) is 0 Å². The van der Waals surface area contributed by atoms with Gasteiger partial charge in [0.2, 0.25) is 5.91 Å². The maximum Gasteiger partial charge on any atom is 0.416 e. The number of amides is 2. The van der Waals surface area contributed by atoms with Gasteiger partial charge in [-0.1, -0.05) is 30.3 Å². The summed E-state index contributed by atoms with van der Waals surface area (Å²) in [6, 6.07) is 11.7. The van der Waals surface area contributed by atoms with Crippen molar-refractivity contribution in [3.05, 3.63) is 65.4 Å². The molecule has 35 heavy (non-hydrogen) atoms. The van der Waals surface area contributed by atoms with E-state index in [1.54, 1.807) is 35.2 Å². The summed E-state index contributed by atoms with van der Waals surface area (Å²) in [5.41, 5.74) is -0.185. The highest BCUT2D eigenvalue weighted by Crippen LogP contribution is 2.35. The van der Waals surface area contributed by atoms with Crippen LogP contribution in [0, 0.1) is 0 Å². The van der Waals surface area contributed by atoms with Crippen molar-refractivity contribution in [3.63, 3.8) is 0 Å². The minimum atomic E-state index is -4.61. The molecule has 0 radical (unpaired) electrons. The number of benzene rings is 2. The van der Waals surface area contributed by atoms with Crippen molar-refractivity contribution in [2.75, 3.05) is 43.1 Å². The second kappa shape index (κ2) is 11.5. The number of nitrogens with one attached hydrogen (secondary N) is 2. The van der Waals surface area contributed by atoms with E-state index in [4.69, 9.17) is 9.47 Å². The molecule has 0 saturated carbocycles. The molecule has 186 valence electrons. The number of alkyl halides is 3. The molecular weight excluding hydrogens is 467 g/mol. The fourth-order valence-corrected chi connectivity index (χ4v) is 3.34. The molecule has 0 atom stereocenters. The first-order valence-corrected chi connectivity index (χ1v) is 10.7. The Balaban J connectivity index is 1.73. The van der Waals surface area contributed by atoms with E-state index in [0.717, 1.165) is 12.1 Å². The molecule has 0 spiro atoms. The van der Waals surface area contributed by atoms with Crippen molar-refractivity contribution in [2.45, 2.75) is 13.1 Å². The summed E-state index contributed by atoms with van der Waals surface area (Å²) in [5.74, 6) is -2.33. The lowest BCUT2D eigenvalue weighted by atomic mass is 10.1. The number of nitrogens with zero attached hydrogens (tertiary/aromatic N) is 1. The molecule has 0 aromatic heterocycles. The molecule has 0 bridgehead atoms. The van der Waals surface area contributed by atoms with Crippen molar-refractivity contribution in [1.29, 1.82) is 0 Å². The molecule has 11 heteroatoms. The van der Waals surface area contributed by atoms with Gasteiger partial charge in [-0.3, -0.25) is 9.59 Å². The van der Waals surface area contributed by atoms with Crippen LogP contribution in [-0.4, -0.2) is 50.7 Å². The van der Waals surface area contributed by atoms with E-state index in [2.05, 4.69) is 10.6 Å². The molecule has 1 heterocycles. The van der Waals surface area contributed by atoms with Crippen LogP contribution in [0.5, 0.6) is 0 Å². The maximum atomic E-state index is 13.2. The Morgan fingerprint density at radius 2 is 1.77 bits per heavy atom. The molecular formula is C24H24F3N3O5. The molecule has 2 amide bonds. The topological polar surface area (TPSA) is 97.0 Å². The van der Waals surface area contributed by atoms with Crippen LogP contribution in [0.2, 0.25) is 0 Å². The van der Waals surface area contributed by atoms with Crippen LogP contribution in [0.1, 0.15) is 18.1 Å². The highest BCUT2D eigenvalue weighted by Gasteiger charge is 2.32. The third kappa shape index (κ3) is 7.57. The van der Waals surface area contributed by atoms with E-state index < -0.39 is 36.1 Å². The van der Waals surface area contributed by atoms with Crippen LogP contribution >= 0.6 is 0 Å². The third-order valence-electron chi connectivity index (χ3n) is 4.93. The number of halogens is 3. The van der Waals surface area contributed by atoms with E-state index >= 15 is 0 Å². The van der Waals surface area contributed by atoms with Gasteiger partial charge >= 0.3 is 12.1 Å². The second-order valence-electron chi connectivity index (χ2n) is 7.60. The first-order valence-electron chi connectivity index (χ1n) is 10.7. The lowest BCUT2D eigenvalue weighted by Crippen LogP contribution is -2.37. The Morgan fingerprint density at radius 1 is 1.09 bits per heavy atom. The predicted molar refractivity (Wildman–Crippen MR) is 122 cm³/mol. The number of carbonyl (C=O) groups excluding carboxylic acids is 3. The number of ether oxygens (including phenoxy) is 2. The zero-order valence-electron chi connectivity index (χ0n) is 18.9. The number of carbonyl (C=O) groups is 3. The Bertz CT molecular complexity index is 1100. The molecule has 1 fully saturated rings. The maximum absolute atomic E-state index is 13.2. The molecule has 1 saturated heterocycles. The zero-order valence-corrected chi connectivity index (χ0v) is 18.9. The van der Waals surface area contributed by atoms with Crippen LogP contribution in [0.3, 0.4) is 0 Å². The summed E-state index contributed by atoms with van der Waals surface area (Å²) in [6.45, 7) is 2.10. The van der Waals surface area contributed by atoms with Gasteiger partial charge in [-0.05, 0) is 29.8 Å². The summed E-state index contributed by atoms with van der Waals surface area (Å²) >= 11 is 0. The fourth-order valence-electron chi connectivity index (χ4n) is 3.34. The molecule has 8 nitrogen and oxygen atoms in total. The van der Waals surface area contributed by atoms with Gasteiger partial charge in [0.05, 0.1) is 30.2 Å². The quantitative estimate of drug-likeness (QED) is 0.456. The average Bonchev–Trinajstić information content (AvgIpc) is 2.82. The highest BCUT2D eigenvalue weighted by molar-refractivity contribution is 6.00. The van der Waals surface area contributed by atoms with Gasteiger partial charge in [0, 0.05) is 20.0 Å². The molecule has 3 rings (SSSR count). The number of anilines is 2. The van der Waals surface area contributed by atoms with Crippen molar-refractivity contribution < 1.29 is 37.0 Å². The highest BCUT2D eigenvalue weighted by atomic mass is 19.4. The minimum Gasteiger partial charge on any atom is -0.451 e. The monoisotopic (exact) mass is 491 g/mol. The number of rotatable bonds is 7. The average molecular weight is 491 g/mol. The molecule has 1 aliphatic rings. The van der Waals surface area contributed by atoms with Crippen LogP contribution in [0.4, 0.5) is 24.5 Å². The molecule has 2 aromatic carbocycles. The van der Waals surface area contributed by atoms with Gasteiger partial charge in [0.15, 0.2) is 6.61 Å². The van der Waals surface area contributed by atoms with Crippen LogP contribution in [0.15, 0.2) is 54.2 Å². The first-order chi connectivity index (χ1) is 16.6. The number of morpholine rings is 1. The second-order valence-corrected chi connectivity index (χ2v) is 7.60. The Morgan fingerprint density at radius 3 is 2.40 bits per heavy atom. The van der Waals surface area contributed by atoms with E-state index in [0.29, 0.717) is 37.6 Å². The minimum absolute atomic E-state index is 0.0651. The number of hydrogen-bond acceptors (Lipinski definition) is 6. The van der Waals surface area contributed by atoms with Gasteiger partial charge < -0.3 is 25.0 Å². The van der Waals surface area contributed by atoms with Crippen LogP contribution in [0.25, 0.3) is 6.08 Å². The van der Waals surface area contributed by atoms with Crippen molar-refractivity contribution >= 4 is 35.2 Å². The van der Waals surface area contributed by atoms with Gasteiger partial charge in [0.25, 0.3) is 5.91 Å². The smallest absolute Gasteiger partial charge is 0.416 e. The Kier molecular flexibility index (Phi) is 8.48. The largest absolute Gasteiger partial charge is 0.451 e.